The summed E-state index contributed by atoms with van der Waals surface area (Å²) in [5.74, 6) is 1.04. The number of guanidine groups is 1. The number of aliphatic imine (C=N–C) groups is 1. The second-order valence-electron chi connectivity index (χ2n) is 5.46. The lowest BCUT2D eigenvalue weighted by molar-refractivity contribution is 0.223. The zero-order chi connectivity index (χ0) is 17.4. The van der Waals surface area contributed by atoms with E-state index >= 15 is 0 Å². The highest BCUT2D eigenvalue weighted by atomic mass is 19.1. The van der Waals surface area contributed by atoms with Gasteiger partial charge in [0.25, 0.3) is 0 Å². The van der Waals surface area contributed by atoms with Gasteiger partial charge in [-0.3, -0.25) is 9.98 Å². The summed E-state index contributed by atoms with van der Waals surface area (Å²) in [6.07, 6.45) is -0.0916. The molecule has 0 bridgehead atoms. The normalized spacial score (nSPS) is 12.6. The van der Waals surface area contributed by atoms with Gasteiger partial charge in [-0.1, -0.05) is 6.07 Å². The number of hydrogen-bond donors (Lipinski definition) is 2. The molecule has 5 nitrogen and oxygen atoms in total. The van der Waals surface area contributed by atoms with Crippen molar-refractivity contribution in [3.05, 3.63) is 59.7 Å². The lowest BCUT2D eigenvalue weighted by atomic mass is 10.3. The summed E-state index contributed by atoms with van der Waals surface area (Å²) in [7, 11) is 1.71. The van der Waals surface area contributed by atoms with Crippen molar-refractivity contribution >= 4 is 5.96 Å². The van der Waals surface area contributed by atoms with Gasteiger partial charge >= 0.3 is 0 Å². The number of ether oxygens (including phenoxy) is 1. The molecule has 0 radical (unpaired) electrons. The second kappa shape index (κ2) is 8.86. The lowest BCUT2D eigenvalue weighted by Gasteiger charge is -2.17. The molecule has 1 aromatic heterocycles. The van der Waals surface area contributed by atoms with Gasteiger partial charge in [0.1, 0.15) is 17.7 Å². The van der Waals surface area contributed by atoms with Gasteiger partial charge in [-0.2, -0.15) is 0 Å². The topological polar surface area (TPSA) is 58.5 Å². The van der Waals surface area contributed by atoms with Crippen molar-refractivity contribution < 1.29 is 9.13 Å². The van der Waals surface area contributed by atoms with Crippen LogP contribution in [0.15, 0.2) is 47.5 Å². The van der Waals surface area contributed by atoms with Crippen molar-refractivity contribution in [1.29, 1.82) is 0 Å². The van der Waals surface area contributed by atoms with Crippen molar-refractivity contribution in [2.45, 2.75) is 26.5 Å². The van der Waals surface area contributed by atoms with Crippen LogP contribution in [-0.2, 0) is 6.54 Å². The minimum Gasteiger partial charge on any atom is -0.489 e. The Labute approximate surface area is 142 Å². The van der Waals surface area contributed by atoms with Crippen LogP contribution >= 0.6 is 0 Å². The Morgan fingerprint density at radius 3 is 2.62 bits per heavy atom. The molecule has 24 heavy (non-hydrogen) atoms. The van der Waals surface area contributed by atoms with Gasteiger partial charge in [0.2, 0.25) is 0 Å². The van der Waals surface area contributed by atoms with Crippen molar-refractivity contribution in [2.75, 3.05) is 13.6 Å². The molecule has 0 saturated carbocycles. The van der Waals surface area contributed by atoms with Crippen molar-refractivity contribution in [2.24, 2.45) is 4.99 Å². The summed E-state index contributed by atoms with van der Waals surface area (Å²) < 4.78 is 18.6. The van der Waals surface area contributed by atoms with Gasteiger partial charge in [0, 0.05) is 12.7 Å². The molecule has 0 amide bonds. The fourth-order valence-electron chi connectivity index (χ4n) is 2.12. The van der Waals surface area contributed by atoms with Crippen LogP contribution in [0.1, 0.15) is 18.3 Å². The SMILES string of the molecule is CN=C(NCc1cccc(C)n1)NCC(C)Oc1ccc(F)cc1. The molecule has 0 aliphatic carbocycles. The van der Waals surface area contributed by atoms with Crippen molar-refractivity contribution in [3.63, 3.8) is 0 Å². The molecule has 0 saturated heterocycles. The van der Waals surface area contributed by atoms with Crippen LogP contribution in [0.5, 0.6) is 5.75 Å². The number of nitrogens with zero attached hydrogens (tertiary/aromatic N) is 2. The number of pyridine rings is 1. The van der Waals surface area contributed by atoms with E-state index in [1.165, 1.54) is 12.1 Å². The first-order chi connectivity index (χ1) is 11.6. The molecular weight excluding hydrogens is 307 g/mol. The predicted molar refractivity (Wildman–Crippen MR) is 93.7 cm³/mol. The number of benzene rings is 1. The summed E-state index contributed by atoms with van der Waals surface area (Å²) in [6, 6.07) is 11.9. The third-order valence-electron chi connectivity index (χ3n) is 3.31. The fourth-order valence-corrected chi connectivity index (χ4v) is 2.12. The number of aromatic nitrogens is 1. The highest BCUT2D eigenvalue weighted by Gasteiger charge is 2.06. The lowest BCUT2D eigenvalue weighted by Crippen LogP contribution is -2.41. The van der Waals surface area contributed by atoms with Crippen LogP contribution in [0.3, 0.4) is 0 Å². The molecule has 1 heterocycles. The smallest absolute Gasteiger partial charge is 0.191 e. The first-order valence-electron chi connectivity index (χ1n) is 7.86. The van der Waals surface area contributed by atoms with E-state index in [1.54, 1.807) is 19.2 Å². The minimum atomic E-state index is -0.275. The number of halogens is 1. The van der Waals surface area contributed by atoms with Crippen molar-refractivity contribution in [3.8, 4) is 5.75 Å². The summed E-state index contributed by atoms with van der Waals surface area (Å²) in [5.41, 5.74) is 1.94. The third-order valence-corrected chi connectivity index (χ3v) is 3.31. The summed E-state index contributed by atoms with van der Waals surface area (Å²) in [5, 5.41) is 6.41. The monoisotopic (exact) mass is 330 g/mol. The number of rotatable bonds is 6. The van der Waals surface area contributed by atoms with E-state index in [0.29, 0.717) is 24.8 Å². The van der Waals surface area contributed by atoms with Gasteiger partial charge in [-0.25, -0.2) is 4.39 Å². The molecular formula is C18H23FN4O. The van der Waals surface area contributed by atoms with Crippen molar-refractivity contribution in [1.82, 2.24) is 15.6 Å². The van der Waals surface area contributed by atoms with Gasteiger partial charge in [0.15, 0.2) is 5.96 Å². The first kappa shape index (κ1) is 17.7. The maximum atomic E-state index is 12.9. The van der Waals surface area contributed by atoms with Crippen LogP contribution in [0.4, 0.5) is 4.39 Å². The second-order valence-corrected chi connectivity index (χ2v) is 5.46. The molecule has 0 fully saturated rings. The van der Waals surface area contributed by atoms with Gasteiger partial charge < -0.3 is 15.4 Å². The Bertz CT molecular complexity index is 673. The molecule has 2 aromatic rings. The van der Waals surface area contributed by atoms with Crippen LogP contribution in [0.25, 0.3) is 0 Å². The van der Waals surface area contributed by atoms with E-state index in [-0.39, 0.29) is 11.9 Å². The molecule has 2 rings (SSSR count). The summed E-state index contributed by atoms with van der Waals surface area (Å²) in [4.78, 5) is 8.61. The van der Waals surface area contributed by atoms with Crippen LogP contribution in [0, 0.1) is 12.7 Å². The minimum absolute atomic E-state index is 0.0916. The molecule has 2 N–H and O–H groups in total. The van der Waals surface area contributed by atoms with Crippen LogP contribution in [-0.4, -0.2) is 30.6 Å². The van der Waals surface area contributed by atoms with Crippen LogP contribution in [0.2, 0.25) is 0 Å². The predicted octanol–water partition coefficient (Wildman–Crippen LogP) is 2.66. The van der Waals surface area contributed by atoms with E-state index in [9.17, 15) is 4.39 Å². The Balaban J connectivity index is 1.77. The number of aryl methyl sites for hydroxylation is 1. The van der Waals surface area contributed by atoms with Crippen LogP contribution < -0.4 is 15.4 Å². The summed E-state index contributed by atoms with van der Waals surface area (Å²) >= 11 is 0. The van der Waals surface area contributed by atoms with E-state index in [2.05, 4.69) is 20.6 Å². The van der Waals surface area contributed by atoms with E-state index in [0.717, 1.165) is 11.4 Å². The maximum absolute atomic E-state index is 12.9. The average Bonchev–Trinajstić information content (AvgIpc) is 2.57. The Hall–Kier alpha value is -2.63. The van der Waals surface area contributed by atoms with Gasteiger partial charge in [-0.15, -0.1) is 0 Å². The highest BCUT2D eigenvalue weighted by Crippen LogP contribution is 2.12. The van der Waals surface area contributed by atoms with Gasteiger partial charge in [-0.05, 0) is 50.2 Å². The molecule has 1 aromatic carbocycles. The molecule has 128 valence electrons. The maximum Gasteiger partial charge on any atom is 0.191 e. The van der Waals surface area contributed by atoms with Gasteiger partial charge in [0.05, 0.1) is 18.8 Å². The fraction of sp³-hybridized carbons (Fsp3) is 0.333. The molecule has 1 atom stereocenters. The largest absolute Gasteiger partial charge is 0.489 e. The Morgan fingerprint density at radius 2 is 1.96 bits per heavy atom. The zero-order valence-corrected chi connectivity index (χ0v) is 14.2. The standard InChI is InChI=1S/C18H23FN4O/c1-13-5-4-6-16(23-13)12-22-18(20-3)21-11-14(2)24-17-9-7-15(19)8-10-17/h4-10,14H,11-12H2,1-3H3,(H2,20,21,22). The number of nitrogens with one attached hydrogen (secondary N) is 2. The molecule has 0 aliphatic heterocycles. The van der Waals surface area contributed by atoms with E-state index < -0.39 is 0 Å². The molecule has 1 unspecified atom stereocenters. The first-order valence-corrected chi connectivity index (χ1v) is 7.86. The molecule has 0 spiro atoms. The quantitative estimate of drug-likeness (QED) is 0.631. The molecule has 6 heteroatoms. The average molecular weight is 330 g/mol. The molecule has 0 aliphatic rings. The highest BCUT2D eigenvalue weighted by molar-refractivity contribution is 5.79. The zero-order valence-electron chi connectivity index (χ0n) is 14.2. The third kappa shape index (κ3) is 5.87. The van der Waals surface area contributed by atoms with E-state index in [4.69, 9.17) is 4.74 Å². The Kier molecular flexibility index (Phi) is 6.54. The summed E-state index contributed by atoms with van der Waals surface area (Å²) in [6.45, 7) is 5.06. The number of hydrogen-bond acceptors (Lipinski definition) is 3. The van der Waals surface area contributed by atoms with E-state index in [1.807, 2.05) is 32.0 Å². The Morgan fingerprint density at radius 1 is 1.21 bits per heavy atom.